The molecule has 0 spiro atoms. The Morgan fingerprint density at radius 3 is 2.75 bits per heavy atom. The Labute approximate surface area is 51.5 Å². The van der Waals surface area contributed by atoms with Gasteiger partial charge < -0.3 is 5.32 Å². The third-order valence-corrected chi connectivity index (χ3v) is 1.76. The lowest BCUT2D eigenvalue weighted by Gasteiger charge is -2.24. The van der Waals surface area contributed by atoms with Crippen LogP contribution in [-0.4, -0.2) is 12.6 Å². The summed E-state index contributed by atoms with van der Waals surface area (Å²) in [5, 5.41) is 3.30. The summed E-state index contributed by atoms with van der Waals surface area (Å²) in [4.78, 5) is 0. The van der Waals surface area contributed by atoms with Gasteiger partial charge in [-0.05, 0) is 32.2 Å². The molecule has 0 amide bonds. The van der Waals surface area contributed by atoms with Gasteiger partial charge in [-0.25, -0.2) is 0 Å². The van der Waals surface area contributed by atoms with Crippen molar-refractivity contribution in [2.75, 3.05) is 6.54 Å². The van der Waals surface area contributed by atoms with Gasteiger partial charge in [-0.15, -0.1) is 0 Å². The van der Waals surface area contributed by atoms with Gasteiger partial charge in [0.05, 0.1) is 0 Å². The summed E-state index contributed by atoms with van der Waals surface area (Å²) in [6, 6.07) is 0.513. The summed E-state index contributed by atoms with van der Waals surface area (Å²) in [5.41, 5.74) is 0. The van der Waals surface area contributed by atoms with Crippen LogP contribution in [-0.2, 0) is 0 Å². The van der Waals surface area contributed by atoms with Crippen LogP contribution < -0.4 is 5.32 Å². The minimum atomic E-state index is 0.513. The maximum atomic E-state index is 3.94. The molecule has 1 nitrogen and oxygen atoms in total. The molecule has 1 aliphatic rings. The van der Waals surface area contributed by atoms with Crippen LogP contribution in [0.15, 0.2) is 0 Å². The van der Waals surface area contributed by atoms with Crippen molar-refractivity contribution in [1.29, 1.82) is 0 Å². The first-order valence-electron chi connectivity index (χ1n) is 3.35. The molecule has 0 aromatic rings. The molecule has 8 heavy (non-hydrogen) atoms. The normalized spacial score (nSPS) is 39.8. The first kappa shape index (κ1) is 6.09. The molecule has 1 N–H and O–H groups in total. The predicted octanol–water partition coefficient (Wildman–Crippen LogP) is 1.21. The number of nitrogens with one attached hydrogen (secondary N) is 1. The minimum Gasteiger partial charge on any atom is -0.314 e. The average molecular weight is 112 g/mol. The molecular formula is C7H14N. The number of hydrogen-bond donors (Lipinski definition) is 1. The molecule has 0 saturated carbocycles. The number of hydrogen-bond acceptors (Lipinski definition) is 1. The zero-order chi connectivity index (χ0) is 5.98. The van der Waals surface area contributed by atoms with Gasteiger partial charge in [-0.2, -0.15) is 0 Å². The number of piperidine rings is 1. The Morgan fingerprint density at radius 1 is 1.62 bits per heavy atom. The maximum absolute atomic E-state index is 3.94. The summed E-state index contributed by atoms with van der Waals surface area (Å²) in [5.74, 6) is 0.888. The molecule has 0 aliphatic carbocycles. The molecule has 1 heteroatoms. The Morgan fingerprint density at radius 2 is 2.38 bits per heavy atom. The molecule has 1 saturated heterocycles. The summed E-state index contributed by atoms with van der Waals surface area (Å²) in [6.45, 7) is 7.39. The van der Waals surface area contributed by atoms with Crippen molar-refractivity contribution in [3.8, 4) is 0 Å². The topological polar surface area (TPSA) is 12.0 Å². The van der Waals surface area contributed by atoms with Crippen molar-refractivity contribution in [1.82, 2.24) is 5.32 Å². The third kappa shape index (κ3) is 1.48. The highest BCUT2D eigenvalue weighted by Gasteiger charge is 2.12. The molecule has 0 aromatic heterocycles. The largest absolute Gasteiger partial charge is 0.314 e. The monoisotopic (exact) mass is 112 g/mol. The highest BCUT2D eigenvalue weighted by Crippen LogP contribution is 2.13. The van der Waals surface area contributed by atoms with Gasteiger partial charge >= 0.3 is 0 Å². The van der Waals surface area contributed by atoms with Crippen molar-refractivity contribution in [2.45, 2.75) is 25.8 Å². The van der Waals surface area contributed by atoms with Crippen molar-refractivity contribution >= 4 is 0 Å². The van der Waals surface area contributed by atoms with Crippen LogP contribution in [0.2, 0.25) is 0 Å². The quantitative estimate of drug-likeness (QED) is 0.496. The van der Waals surface area contributed by atoms with Gasteiger partial charge in [0, 0.05) is 6.04 Å². The van der Waals surface area contributed by atoms with Gasteiger partial charge in [0.2, 0.25) is 0 Å². The first-order chi connectivity index (χ1) is 3.79. The lowest BCUT2D eigenvalue weighted by atomic mass is 9.96. The highest BCUT2D eigenvalue weighted by molar-refractivity contribution is 4.77. The average Bonchev–Trinajstić information content (AvgIpc) is 1.64. The van der Waals surface area contributed by atoms with Gasteiger partial charge in [0.25, 0.3) is 0 Å². The van der Waals surface area contributed by atoms with Gasteiger partial charge in [-0.1, -0.05) is 6.92 Å². The molecule has 1 aliphatic heterocycles. The molecule has 0 unspecified atom stereocenters. The standard InChI is InChI=1S/C7H14N/c1-6-3-4-8-7(2)5-6/h6-8H,2-5H2,1H3/t6-,7+/m0/s1. The predicted molar refractivity (Wildman–Crippen MR) is 35.5 cm³/mol. The molecule has 1 radical (unpaired) electrons. The molecule has 1 rings (SSSR count). The first-order valence-corrected chi connectivity index (χ1v) is 3.35. The zero-order valence-electron chi connectivity index (χ0n) is 5.48. The molecule has 1 heterocycles. The van der Waals surface area contributed by atoms with Crippen LogP contribution in [0.4, 0.5) is 0 Å². The Bertz CT molecular complexity index is 62.8. The molecule has 1 fully saturated rings. The highest BCUT2D eigenvalue weighted by atomic mass is 14.9. The van der Waals surface area contributed by atoms with Crippen molar-refractivity contribution in [3.05, 3.63) is 6.92 Å². The lowest BCUT2D eigenvalue weighted by Crippen LogP contribution is -2.34. The van der Waals surface area contributed by atoms with E-state index in [4.69, 9.17) is 0 Å². The van der Waals surface area contributed by atoms with E-state index in [-0.39, 0.29) is 0 Å². The fourth-order valence-electron chi connectivity index (χ4n) is 1.22. The van der Waals surface area contributed by atoms with E-state index in [2.05, 4.69) is 19.2 Å². The van der Waals surface area contributed by atoms with Crippen molar-refractivity contribution in [2.24, 2.45) is 5.92 Å². The lowest BCUT2D eigenvalue weighted by molar-refractivity contribution is 0.354. The second-order valence-corrected chi connectivity index (χ2v) is 2.78. The van der Waals surface area contributed by atoms with Crippen LogP contribution >= 0.6 is 0 Å². The van der Waals surface area contributed by atoms with Gasteiger partial charge in [0.1, 0.15) is 0 Å². The van der Waals surface area contributed by atoms with E-state index in [1.165, 1.54) is 12.8 Å². The van der Waals surface area contributed by atoms with E-state index < -0.39 is 0 Å². The van der Waals surface area contributed by atoms with Crippen LogP contribution in [0.25, 0.3) is 0 Å². The molecule has 47 valence electrons. The van der Waals surface area contributed by atoms with E-state index >= 15 is 0 Å². The second kappa shape index (κ2) is 2.49. The Balaban J connectivity index is 2.23. The number of rotatable bonds is 0. The van der Waals surface area contributed by atoms with Crippen LogP contribution in [0.3, 0.4) is 0 Å². The Hall–Kier alpha value is -0.0400. The van der Waals surface area contributed by atoms with E-state index in [1.807, 2.05) is 0 Å². The SMILES string of the molecule is [CH2][C@@H]1C[C@@H](C)CCN1. The third-order valence-electron chi connectivity index (χ3n) is 1.76. The van der Waals surface area contributed by atoms with Crippen molar-refractivity contribution < 1.29 is 0 Å². The van der Waals surface area contributed by atoms with E-state index in [0.29, 0.717) is 6.04 Å². The van der Waals surface area contributed by atoms with Crippen molar-refractivity contribution in [3.63, 3.8) is 0 Å². The summed E-state index contributed by atoms with van der Waals surface area (Å²) in [7, 11) is 0. The zero-order valence-corrected chi connectivity index (χ0v) is 5.48. The van der Waals surface area contributed by atoms with Crippen LogP contribution in [0, 0.1) is 12.8 Å². The summed E-state index contributed by atoms with van der Waals surface area (Å²) in [6.07, 6.45) is 2.58. The van der Waals surface area contributed by atoms with E-state index in [0.717, 1.165) is 12.5 Å². The van der Waals surface area contributed by atoms with E-state index in [9.17, 15) is 0 Å². The molecule has 2 atom stereocenters. The molecular weight excluding hydrogens is 98.1 g/mol. The van der Waals surface area contributed by atoms with Crippen LogP contribution in [0.1, 0.15) is 19.8 Å². The smallest absolute Gasteiger partial charge is 0.00701 e. The van der Waals surface area contributed by atoms with Gasteiger partial charge in [-0.3, -0.25) is 0 Å². The van der Waals surface area contributed by atoms with Crippen LogP contribution in [0.5, 0.6) is 0 Å². The Kier molecular flexibility index (Phi) is 1.90. The second-order valence-electron chi connectivity index (χ2n) is 2.78. The molecule has 0 aromatic carbocycles. The van der Waals surface area contributed by atoms with Gasteiger partial charge in [0.15, 0.2) is 0 Å². The minimum absolute atomic E-state index is 0.513. The summed E-state index contributed by atoms with van der Waals surface area (Å²) < 4.78 is 0. The maximum Gasteiger partial charge on any atom is 0.00701 e. The van der Waals surface area contributed by atoms with E-state index in [1.54, 1.807) is 0 Å². The fourth-order valence-corrected chi connectivity index (χ4v) is 1.22. The molecule has 0 bridgehead atoms. The fraction of sp³-hybridized carbons (Fsp3) is 0.857. The summed E-state index contributed by atoms with van der Waals surface area (Å²) >= 11 is 0.